The fourth-order valence-electron chi connectivity index (χ4n) is 1.69. The molecule has 0 aliphatic heterocycles. The Morgan fingerprint density at radius 2 is 2.24 bits per heavy atom. The third kappa shape index (κ3) is 1.83. The Bertz CT molecular complexity index is 577. The van der Waals surface area contributed by atoms with Crippen molar-refractivity contribution >= 4 is 11.5 Å². The highest BCUT2D eigenvalue weighted by molar-refractivity contribution is 5.93. The van der Waals surface area contributed by atoms with E-state index in [2.05, 4.69) is 10.3 Å². The molecule has 6 heteroatoms. The summed E-state index contributed by atoms with van der Waals surface area (Å²) in [6.07, 6.45) is 1.46. The summed E-state index contributed by atoms with van der Waals surface area (Å²) >= 11 is 0. The highest BCUT2D eigenvalue weighted by Crippen LogP contribution is 2.21. The first-order valence-electron chi connectivity index (χ1n) is 5.16. The van der Waals surface area contributed by atoms with Crippen molar-refractivity contribution in [3.8, 4) is 5.75 Å². The van der Waals surface area contributed by atoms with Gasteiger partial charge < -0.3 is 15.5 Å². The van der Waals surface area contributed by atoms with E-state index in [4.69, 9.17) is 5.11 Å². The fourth-order valence-corrected chi connectivity index (χ4v) is 1.69. The van der Waals surface area contributed by atoms with Gasteiger partial charge in [-0.05, 0) is 26.1 Å². The smallest absolute Gasteiger partial charge is 0.356 e. The van der Waals surface area contributed by atoms with Gasteiger partial charge in [-0.15, -0.1) is 0 Å². The second-order valence-corrected chi connectivity index (χ2v) is 3.78. The first-order valence-corrected chi connectivity index (χ1v) is 5.16. The number of fused-ring (bicyclic) bond motifs is 1. The number of imidazole rings is 1. The predicted octanol–water partition coefficient (Wildman–Crippen LogP) is 1.02. The number of carboxylic acid groups (broad SMARTS) is 1. The third-order valence-electron chi connectivity index (χ3n) is 2.67. The van der Waals surface area contributed by atoms with Gasteiger partial charge in [0.1, 0.15) is 11.6 Å². The standard InChI is InChI=1S/C11H13N3O3/c1-6(12-2)10-13-9(11(16)17)8-4-3-7(15)5-14(8)10/h3-6,12,15H,1-2H3,(H,16,17). The molecule has 0 aliphatic rings. The molecule has 0 aromatic carbocycles. The average molecular weight is 235 g/mol. The number of pyridine rings is 1. The molecule has 6 nitrogen and oxygen atoms in total. The predicted molar refractivity (Wildman–Crippen MR) is 61.3 cm³/mol. The van der Waals surface area contributed by atoms with E-state index in [9.17, 15) is 9.90 Å². The number of nitrogens with one attached hydrogen (secondary N) is 1. The summed E-state index contributed by atoms with van der Waals surface area (Å²) in [6.45, 7) is 1.87. The highest BCUT2D eigenvalue weighted by atomic mass is 16.4. The van der Waals surface area contributed by atoms with E-state index < -0.39 is 5.97 Å². The topological polar surface area (TPSA) is 86.9 Å². The zero-order chi connectivity index (χ0) is 12.6. The van der Waals surface area contributed by atoms with Crippen molar-refractivity contribution in [1.29, 1.82) is 0 Å². The van der Waals surface area contributed by atoms with Gasteiger partial charge >= 0.3 is 5.97 Å². The molecule has 90 valence electrons. The normalized spacial score (nSPS) is 12.8. The minimum atomic E-state index is -1.08. The Kier molecular flexibility index (Phi) is 2.72. The largest absolute Gasteiger partial charge is 0.506 e. The van der Waals surface area contributed by atoms with Crippen LogP contribution in [-0.4, -0.2) is 32.6 Å². The lowest BCUT2D eigenvalue weighted by atomic mass is 10.3. The van der Waals surface area contributed by atoms with E-state index in [-0.39, 0.29) is 17.5 Å². The molecular formula is C11H13N3O3. The van der Waals surface area contributed by atoms with Crippen LogP contribution in [-0.2, 0) is 0 Å². The summed E-state index contributed by atoms with van der Waals surface area (Å²) in [5, 5.41) is 21.5. The Hall–Kier alpha value is -2.08. The summed E-state index contributed by atoms with van der Waals surface area (Å²) < 4.78 is 1.58. The van der Waals surface area contributed by atoms with E-state index in [0.29, 0.717) is 11.3 Å². The number of hydrogen-bond acceptors (Lipinski definition) is 4. The molecule has 2 aromatic heterocycles. The molecule has 1 atom stereocenters. The number of carboxylic acids is 1. The Morgan fingerprint density at radius 3 is 2.82 bits per heavy atom. The molecular weight excluding hydrogens is 222 g/mol. The van der Waals surface area contributed by atoms with Crippen LogP contribution in [0.2, 0.25) is 0 Å². The number of aromatic carboxylic acids is 1. The van der Waals surface area contributed by atoms with Gasteiger partial charge in [0.25, 0.3) is 0 Å². The summed E-state index contributed by atoms with van der Waals surface area (Å²) in [5.41, 5.74) is 0.453. The van der Waals surface area contributed by atoms with Crippen LogP contribution in [0.25, 0.3) is 5.52 Å². The van der Waals surface area contributed by atoms with Crippen LogP contribution in [0, 0.1) is 0 Å². The van der Waals surface area contributed by atoms with Gasteiger partial charge in [-0.2, -0.15) is 0 Å². The minimum absolute atomic E-state index is 0.0119. The maximum atomic E-state index is 11.1. The van der Waals surface area contributed by atoms with Crippen molar-refractivity contribution in [1.82, 2.24) is 14.7 Å². The molecule has 0 bridgehead atoms. The van der Waals surface area contributed by atoms with E-state index >= 15 is 0 Å². The number of rotatable bonds is 3. The number of nitrogens with zero attached hydrogens (tertiary/aromatic N) is 2. The van der Waals surface area contributed by atoms with Gasteiger partial charge in [0.2, 0.25) is 0 Å². The molecule has 0 saturated heterocycles. The first kappa shape index (κ1) is 11.4. The molecule has 0 aliphatic carbocycles. The molecule has 3 N–H and O–H groups in total. The van der Waals surface area contributed by atoms with Crippen molar-refractivity contribution in [2.75, 3.05) is 7.05 Å². The number of hydrogen-bond donors (Lipinski definition) is 3. The first-order chi connectivity index (χ1) is 8.04. The number of carbonyl (C=O) groups is 1. The van der Waals surface area contributed by atoms with Crippen LogP contribution >= 0.6 is 0 Å². The third-order valence-corrected chi connectivity index (χ3v) is 2.67. The number of aromatic hydroxyl groups is 1. The molecule has 0 fully saturated rings. The Labute approximate surface area is 97.5 Å². The van der Waals surface area contributed by atoms with Gasteiger partial charge in [0.15, 0.2) is 5.69 Å². The van der Waals surface area contributed by atoms with Crippen LogP contribution in [0.1, 0.15) is 29.3 Å². The zero-order valence-electron chi connectivity index (χ0n) is 9.51. The molecule has 0 saturated carbocycles. The molecule has 2 aromatic rings. The SMILES string of the molecule is CNC(C)c1nc(C(=O)O)c2ccc(O)cn12. The van der Waals surface area contributed by atoms with Crippen LogP contribution in [0.3, 0.4) is 0 Å². The molecule has 0 amide bonds. The van der Waals surface area contributed by atoms with E-state index in [0.717, 1.165) is 0 Å². The summed E-state index contributed by atoms with van der Waals surface area (Å²) in [4.78, 5) is 15.2. The maximum absolute atomic E-state index is 11.1. The highest BCUT2D eigenvalue weighted by Gasteiger charge is 2.19. The lowest BCUT2D eigenvalue weighted by Gasteiger charge is -2.08. The van der Waals surface area contributed by atoms with E-state index in [1.54, 1.807) is 11.4 Å². The Balaban J connectivity index is 2.75. The second kappa shape index (κ2) is 4.06. The van der Waals surface area contributed by atoms with Crippen molar-refractivity contribution in [2.45, 2.75) is 13.0 Å². The van der Waals surface area contributed by atoms with Crippen LogP contribution in [0.15, 0.2) is 18.3 Å². The fraction of sp³-hybridized carbons (Fsp3) is 0.273. The monoisotopic (exact) mass is 235 g/mol. The van der Waals surface area contributed by atoms with E-state index in [1.807, 2.05) is 6.92 Å². The molecule has 0 spiro atoms. The van der Waals surface area contributed by atoms with E-state index in [1.165, 1.54) is 18.3 Å². The van der Waals surface area contributed by atoms with Gasteiger partial charge in [0.05, 0.1) is 17.8 Å². The van der Waals surface area contributed by atoms with Crippen LogP contribution < -0.4 is 5.32 Å². The van der Waals surface area contributed by atoms with Crippen LogP contribution in [0.5, 0.6) is 5.75 Å². The summed E-state index contributed by atoms with van der Waals surface area (Å²) in [6, 6.07) is 2.87. The van der Waals surface area contributed by atoms with Gasteiger partial charge in [0, 0.05) is 0 Å². The van der Waals surface area contributed by atoms with Crippen molar-refractivity contribution in [3.05, 3.63) is 29.8 Å². The van der Waals surface area contributed by atoms with Gasteiger partial charge in [-0.1, -0.05) is 0 Å². The zero-order valence-corrected chi connectivity index (χ0v) is 9.51. The summed E-state index contributed by atoms with van der Waals surface area (Å²) in [7, 11) is 1.76. The molecule has 0 radical (unpaired) electrons. The average Bonchev–Trinajstić information content (AvgIpc) is 2.66. The Morgan fingerprint density at radius 1 is 1.53 bits per heavy atom. The molecule has 17 heavy (non-hydrogen) atoms. The van der Waals surface area contributed by atoms with Crippen molar-refractivity contribution < 1.29 is 15.0 Å². The maximum Gasteiger partial charge on any atom is 0.356 e. The lowest BCUT2D eigenvalue weighted by molar-refractivity contribution is 0.0693. The van der Waals surface area contributed by atoms with Crippen LogP contribution in [0.4, 0.5) is 0 Å². The van der Waals surface area contributed by atoms with Crippen molar-refractivity contribution in [3.63, 3.8) is 0 Å². The number of aromatic nitrogens is 2. The van der Waals surface area contributed by atoms with Gasteiger partial charge in [-0.3, -0.25) is 4.40 Å². The minimum Gasteiger partial charge on any atom is -0.506 e. The second-order valence-electron chi connectivity index (χ2n) is 3.78. The molecule has 1 unspecified atom stereocenters. The lowest BCUT2D eigenvalue weighted by Crippen LogP contribution is -2.15. The van der Waals surface area contributed by atoms with Crippen molar-refractivity contribution in [2.24, 2.45) is 0 Å². The molecule has 2 rings (SSSR count). The van der Waals surface area contributed by atoms with Gasteiger partial charge in [-0.25, -0.2) is 9.78 Å². The molecule has 2 heterocycles. The quantitative estimate of drug-likeness (QED) is 0.739. The summed E-state index contributed by atoms with van der Waals surface area (Å²) in [5.74, 6) is -0.463.